The van der Waals surface area contributed by atoms with Gasteiger partial charge < -0.3 is 25.6 Å². The number of nitrogens with zero attached hydrogens (tertiary/aromatic N) is 5. The van der Waals surface area contributed by atoms with Crippen molar-refractivity contribution >= 4 is 57.2 Å². The molecule has 2 amide bonds. The molecule has 0 unspecified atom stereocenters. The van der Waals surface area contributed by atoms with Gasteiger partial charge >= 0.3 is 0 Å². The SMILES string of the molecule is COCCNC(=O)CN1CCN(c2cc(Nc3ncc(C(=O)Nc4c(C)cccc4Cl)s3)nc(C)n2)CC1. The summed E-state index contributed by atoms with van der Waals surface area (Å²) in [7, 11) is 1.61. The fourth-order valence-electron chi connectivity index (χ4n) is 3.98. The lowest BCUT2D eigenvalue weighted by atomic mass is 10.2. The van der Waals surface area contributed by atoms with Crippen molar-refractivity contribution in [1.29, 1.82) is 0 Å². The van der Waals surface area contributed by atoms with Gasteiger partial charge in [0.2, 0.25) is 5.91 Å². The summed E-state index contributed by atoms with van der Waals surface area (Å²) in [6.07, 6.45) is 1.52. The third-order valence-corrected chi connectivity index (χ3v) is 7.17. The summed E-state index contributed by atoms with van der Waals surface area (Å²) in [6.45, 7) is 8.08. The number of halogens is 1. The molecule has 0 radical (unpaired) electrons. The average Bonchev–Trinajstić information content (AvgIpc) is 3.35. The van der Waals surface area contributed by atoms with Gasteiger partial charge in [-0.25, -0.2) is 15.0 Å². The van der Waals surface area contributed by atoms with Crippen LogP contribution in [-0.2, 0) is 9.53 Å². The minimum absolute atomic E-state index is 0.00151. The summed E-state index contributed by atoms with van der Waals surface area (Å²) in [6, 6.07) is 7.33. The second-order valence-corrected chi connectivity index (χ2v) is 10.2. The van der Waals surface area contributed by atoms with Crippen molar-refractivity contribution in [3.63, 3.8) is 0 Å². The van der Waals surface area contributed by atoms with E-state index in [1.807, 2.05) is 32.0 Å². The Bertz CT molecular complexity index is 1260. The minimum Gasteiger partial charge on any atom is -0.383 e. The molecular formula is C25H31ClN8O3S. The summed E-state index contributed by atoms with van der Waals surface area (Å²) in [5, 5.41) is 9.94. The van der Waals surface area contributed by atoms with E-state index in [4.69, 9.17) is 16.3 Å². The molecule has 0 bridgehead atoms. The van der Waals surface area contributed by atoms with Crippen LogP contribution >= 0.6 is 22.9 Å². The number of amides is 2. The summed E-state index contributed by atoms with van der Waals surface area (Å²) < 4.78 is 4.97. The van der Waals surface area contributed by atoms with E-state index in [1.54, 1.807) is 13.2 Å². The number of piperazine rings is 1. The quantitative estimate of drug-likeness (QED) is 0.322. The Hall–Kier alpha value is -3.32. The zero-order valence-electron chi connectivity index (χ0n) is 21.6. The predicted octanol–water partition coefficient (Wildman–Crippen LogP) is 3.08. The molecular weight excluding hydrogens is 528 g/mol. The number of carbonyl (C=O) groups is 2. The summed E-state index contributed by atoms with van der Waals surface area (Å²) in [4.78, 5) is 43.0. The van der Waals surface area contributed by atoms with Crippen LogP contribution in [-0.4, -0.2) is 84.7 Å². The van der Waals surface area contributed by atoms with E-state index in [-0.39, 0.29) is 11.8 Å². The number of aryl methyl sites for hydroxylation is 2. The molecule has 3 heterocycles. The number of aromatic nitrogens is 3. The second kappa shape index (κ2) is 13.0. The number of benzene rings is 1. The van der Waals surface area contributed by atoms with Crippen molar-refractivity contribution in [2.24, 2.45) is 0 Å². The van der Waals surface area contributed by atoms with Crippen molar-refractivity contribution in [3.8, 4) is 0 Å². The molecule has 38 heavy (non-hydrogen) atoms. The first-order chi connectivity index (χ1) is 18.3. The molecule has 1 aliphatic rings. The van der Waals surface area contributed by atoms with Crippen LogP contribution < -0.4 is 20.9 Å². The van der Waals surface area contributed by atoms with Gasteiger partial charge in [0.1, 0.15) is 22.3 Å². The highest BCUT2D eigenvalue weighted by Crippen LogP contribution is 2.28. The monoisotopic (exact) mass is 558 g/mol. The van der Waals surface area contributed by atoms with E-state index in [0.717, 1.165) is 37.6 Å². The van der Waals surface area contributed by atoms with E-state index in [1.165, 1.54) is 17.5 Å². The van der Waals surface area contributed by atoms with Gasteiger partial charge in [0.05, 0.1) is 30.1 Å². The van der Waals surface area contributed by atoms with Gasteiger partial charge in [-0.15, -0.1) is 0 Å². The number of thiazole rings is 1. The normalized spacial score (nSPS) is 13.8. The Kier molecular flexibility index (Phi) is 9.45. The second-order valence-electron chi connectivity index (χ2n) is 8.81. The standard InChI is InChI=1S/C25H31ClN8O3S/c1-16-5-4-6-18(26)23(16)32-24(36)19-14-28-25(38-19)31-20-13-21(30-17(2)29-20)34-10-8-33(9-11-34)15-22(35)27-7-12-37-3/h4-6,13-14H,7-12,15H2,1-3H3,(H,27,35)(H,32,36)(H,28,29,30,31). The predicted molar refractivity (Wildman–Crippen MR) is 150 cm³/mol. The fraction of sp³-hybridized carbons (Fsp3) is 0.400. The Labute approximate surface area is 230 Å². The smallest absolute Gasteiger partial charge is 0.267 e. The van der Waals surface area contributed by atoms with Crippen molar-refractivity contribution in [2.75, 3.05) is 68.5 Å². The Morgan fingerprint density at radius 3 is 2.68 bits per heavy atom. The number of ether oxygens (including phenoxy) is 1. The highest BCUT2D eigenvalue weighted by atomic mass is 35.5. The third kappa shape index (κ3) is 7.38. The lowest BCUT2D eigenvalue weighted by Crippen LogP contribution is -2.50. The molecule has 0 atom stereocenters. The van der Waals surface area contributed by atoms with Crippen molar-refractivity contribution in [2.45, 2.75) is 13.8 Å². The molecule has 1 aliphatic heterocycles. The van der Waals surface area contributed by atoms with E-state index in [2.05, 4.69) is 40.7 Å². The van der Waals surface area contributed by atoms with Crippen LogP contribution in [0.2, 0.25) is 5.02 Å². The van der Waals surface area contributed by atoms with Gasteiger partial charge in [0.15, 0.2) is 5.13 Å². The minimum atomic E-state index is -0.281. The lowest BCUT2D eigenvalue weighted by molar-refractivity contribution is -0.122. The molecule has 1 fully saturated rings. The van der Waals surface area contributed by atoms with Crippen LogP contribution in [0.5, 0.6) is 0 Å². The van der Waals surface area contributed by atoms with Crippen LogP contribution in [0, 0.1) is 13.8 Å². The van der Waals surface area contributed by atoms with Crippen molar-refractivity contribution in [1.82, 2.24) is 25.2 Å². The van der Waals surface area contributed by atoms with Gasteiger partial charge in [-0.3, -0.25) is 14.5 Å². The highest BCUT2D eigenvalue weighted by Gasteiger charge is 2.21. The molecule has 1 saturated heterocycles. The molecule has 2 aromatic heterocycles. The van der Waals surface area contributed by atoms with Gasteiger partial charge in [-0.05, 0) is 25.5 Å². The number of methoxy groups -OCH3 is 1. The van der Waals surface area contributed by atoms with Crippen molar-refractivity contribution in [3.05, 3.63) is 51.7 Å². The number of para-hydroxylation sites is 1. The Morgan fingerprint density at radius 2 is 1.95 bits per heavy atom. The maximum atomic E-state index is 12.8. The summed E-state index contributed by atoms with van der Waals surface area (Å²) in [5.41, 5.74) is 1.47. The van der Waals surface area contributed by atoms with Gasteiger partial charge in [-0.1, -0.05) is 35.1 Å². The molecule has 202 valence electrons. The summed E-state index contributed by atoms with van der Waals surface area (Å²) >= 11 is 7.46. The van der Waals surface area contributed by atoms with E-state index in [9.17, 15) is 9.59 Å². The first kappa shape index (κ1) is 27.7. The molecule has 13 heteroatoms. The van der Waals surface area contributed by atoms with Crippen LogP contribution in [0.15, 0.2) is 30.5 Å². The molecule has 11 nitrogen and oxygen atoms in total. The third-order valence-electron chi connectivity index (χ3n) is 5.94. The first-order valence-electron chi connectivity index (χ1n) is 12.2. The maximum absolute atomic E-state index is 12.8. The average molecular weight is 559 g/mol. The molecule has 0 saturated carbocycles. The largest absolute Gasteiger partial charge is 0.383 e. The number of anilines is 4. The van der Waals surface area contributed by atoms with Crippen molar-refractivity contribution < 1.29 is 14.3 Å². The number of nitrogens with one attached hydrogen (secondary N) is 3. The number of carbonyl (C=O) groups excluding carboxylic acids is 2. The van der Waals surface area contributed by atoms with Crippen LogP contribution in [0.4, 0.5) is 22.5 Å². The first-order valence-corrected chi connectivity index (χ1v) is 13.4. The molecule has 4 rings (SSSR count). The van der Waals surface area contributed by atoms with Gasteiger partial charge in [0.25, 0.3) is 5.91 Å². The molecule has 3 N–H and O–H groups in total. The molecule has 0 spiro atoms. The van der Waals surface area contributed by atoms with Crippen LogP contribution in [0.1, 0.15) is 21.1 Å². The fourth-order valence-corrected chi connectivity index (χ4v) is 4.96. The van der Waals surface area contributed by atoms with E-state index < -0.39 is 0 Å². The topological polar surface area (TPSA) is 125 Å². The van der Waals surface area contributed by atoms with Crippen LogP contribution in [0.25, 0.3) is 0 Å². The summed E-state index contributed by atoms with van der Waals surface area (Å²) in [5.74, 6) is 1.73. The Morgan fingerprint density at radius 1 is 1.16 bits per heavy atom. The van der Waals surface area contributed by atoms with E-state index in [0.29, 0.717) is 52.1 Å². The lowest BCUT2D eigenvalue weighted by Gasteiger charge is -2.35. The zero-order valence-corrected chi connectivity index (χ0v) is 23.2. The van der Waals surface area contributed by atoms with Crippen LogP contribution in [0.3, 0.4) is 0 Å². The molecule has 1 aromatic carbocycles. The Balaban J connectivity index is 1.34. The van der Waals surface area contributed by atoms with Gasteiger partial charge in [-0.2, -0.15) is 0 Å². The van der Waals surface area contributed by atoms with Gasteiger partial charge in [0, 0.05) is 45.9 Å². The zero-order chi connectivity index (χ0) is 27.1. The number of hydrogen-bond donors (Lipinski definition) is 3. The number of rotatable bonds is 10. The molecule has 0 aliphatic carbocycles. The molecule has 3 aromatic rings. The maximum Gasteiger partial charge on any atom is 0.267 e. The highest BCUT2D eigenvalue weighted by molar-refractivity contribution is 7.17. The van der Waals surface area contributed by atoms with E-state index >= 15 is 0 Å². The number of hydrogen-bond acceptors (Lipinski definition) is 10.